The zero-order valence-electron chi connectivity index (χ0n) is 12.3. The number of aromatic nitrogens is 1. The van der Waals surface area contributed by atoms with E-state index in [1.165, 1.54) is 6.20 Å². The van der Waals surface area contributed by atoms with Crippen molar-refractivity contribution in [3.8, 4) is 0 Å². The minimum absolute atomic E-state index is 0.214. The number of azide groups is 1. The van der Waals surface area contributed by atoms with Crippen LogP contribution < -0.4 is 10.2 Å². The van der Waals surface area contributed by atoms with Gasteiger partial charge in [0.15, 0.2) is 6.23 Å². The van der Waals surface area contributed by atoms with E-state index in [0.717, 1.165) is 17.8 Å². The van der Waals surface area contributed by atoms with Gasteiger partial charge in [-0.2, -0.15) is 0 Å². The molecule has 0 aliphatic carbocycles. The van der Waals surface area contributed by atoms with Crippen LogP contribution in [-0.4, -0.2) is 47.9 Å². The largest absolute Gasteiger partial charge is 0.446 e. The fourth-order valence-corrected chi connectivity index (χ4v) is 3.32. The fraction of sp³-hybridized carbons (Fsp3) is 0.357. The molecule has 2 fully saturated rings. The lowest BCUT2D eigenvalue weighted by atomic mass is 9.84. The third-order valence-corrected chi connectivity index (χ3v) is 4.38. The van der Waals surface area contributed by atoms with E-state index in [1.54, 1.807) is 12.3 Å². The SMILES string of the molecule is [N-]=[N+]=Nc1cncc(N2C[C@]34OC(=O)/C=C/C(=O)OC3NC[C@H]24)c1. The van der Waals surface area contributed by atoms with Gasteiger partial charge in [-0.15, -0.1) is 0 Å². The maximum absolute atomic E-state index is 11.9. The van der Waals surface area contributed by atoms with Gasteiger partial charge >= 0.3 is 11.9 Å². The lowest BCUT2D eigenvalue weighted by Gasteiger charge is -2.54. The first kappa shape index (κ1) is 14.5. The highest BCUT2D eigenvalue weighted by Gasteiger charge is 2.66. The lowest BCUT2D eigenvalue weighted by Crippen LogP contribution is -2.74. The molecular weight excluding hydrogens is 316 g/mol. The molecule has 0 bridgehead atoms. The predicted molar refractivity (Wildman–Crippen MR) is 80.0 cm³/mol. The van der Waals surface area contributed by atoms with Crippen molar-refractivity contribution in [2.45, 2.75) is 17.9 Å². The van der Waals surface area contributed by atoms with Gasteiger partial charge in [0.25, 0.3) is 0 Å². The molecule has 122 valence electrons. The molecule has 10 heteroatoms. The normalized spacial score (nSPS) is 32.1. The fourth-order valence-electron chi connectivity index (χ4n) is 3.32. The second kappa shape index (κ2) is 5.22. The van der Waals surface area contributed by atoms with Crippen LogP contribution >= 0.6 is 0 Å². The second-order valence-electron chi connectivity index (χ2n) is 5.67. The third-order valence-electron chi connectivity index (χ3n) is 4.38. The highest BCUT2D eigenvalue weighted by molar-refractivity contribution is 5.93. The van der Waals surface area contributed by atoms with Crippen molar-refractivity contribution in [1.82, 2.24) is 10.3 Å². The summed E-state index contributed by atoms with van der Waals surface area (Å²) in [5.74, 6) is -1.17. The first-order valence-electron chi connectivity index (χ1n) is 7.24. The molecule has 2 saturated heterocycles. The van der Waals surface area contributed by atoms with Gasteiger partial charge in [-0.3, -0.25) is 10.3 Å². The van der Waals surface area contributed by atoms with E-state index in [4.69, 9.17) is 15.0 Å². The molecule has 0 radical (unpaired) electrons. The highest BCUT2D eigenvalue weighted by Crippen LogP contribution is 2.44. The van der Waals surface area contributed by atoms with Crippen LogP contribution in [0.15, 0.2) is 35.7 Å². The van der Waals surface area contributed by atoms with E-state index >= 15 is 0 Å². The molecular formula is C14H12N6O4. The van der Waals surface area contributed by atoms with Crippen LogP contribution in [0.25, 0.3) is 10.4 Å². The highest BCUT2D eigenvalue weighted by atomic mass is 16.6. The van der Waals surface area contributed by atoms with Crippen LogP contribution in [0.5, 0.6) is 0 Å². The van der Waals surface area contributed by atoms with Crippen LogP contribution in [0.1, 0.15) is 0 Å². The van der Waals surface area contributed by atoms with Crippen LogP contribution in [-0.2, 0) is 19.1 Å². The Balaban J connectivity index is 1.63. The first-order valence-corrected chi connectivity index (χ1v) is 7.24. The van der Waals surface area contributed by atoms with Gasteiger partial charge in [-0.1, -0.05) is 5.11 Å². The Morgan fingerprint density at radius 3 is 3.04 bits per heavy atom. The van der Waals surface area contributed by atoms with E-state index in [-0.39, 0.29) is 6.04 Å². The van der Waals surface area contributed by atoms with E-state index in [2.05, 4.69) is 20.3 Å². The summed E-state index contributed by atoms with van der Waals surface area (Å²) in [5.41, 5.74) is 8.72. The predicted octanol–water partition coefficient (Wildman–Crippen LogP) is 0.536. The smallest absolute Gasteiger partial charge is 0.332 e. The molecule has 1 aromatic rings. The van der Waals surface area contributed by atoms with Crippen molar-refractivity contribution < 1.29 is 19.1 Å². The van der Waals surface area contributed by atoms with E-state index in [0.29, 0.717) is 18.8 Å². The Morgan fingerprint density at radius 1 is 1.38 bits per heavy atom. The Morgan fingerprint density at radius 2 is 2.21 bits per heavy atom. The molecule has 4 rings (SSSR count). The average Bonchev–Trinajstić information content (AvgIpc) is 2.78. The standard InChI is InChI=1S/C14H12N6O4/c15-19-18-8-3-9(5-16-4-8)20-7-14-10(20)6-17-13(14)23-11(21)1-2-12(22)24-14/h1-5,10,13,17H,6-7H2/b2-1+/t10-,13?,14+/m0/s1. The van der Waals surface area contributed by atoms with Crippen LogP contribution in [0.2, 0.25) is 0 Å². The molecule has 3 atom stereocenters. The molecule has 24 heavy (non-hydrogen) atoms. The van der Waals surface area contributed by atoms with Crippen LogP contribution in [0, 0.1) is 0 Å². The Hall–Kier alpha value is -3.10. The van der Waals surface area contributed by atoms with E-state index < -0.39 is 23.8 Å². The zero-order chi connectivity index (χ0) is 16.7. The molecule has 0 amide bonds. The number of esters is 2. The molecule has 0 aromatic carbocycles. The van der Waals surface area contributed by atoms with E-state index in [9.17, 15) is 9.59 Å². The van der Waals surface area contributed by atoms with Crippen LogP contribution in [0.4, 0.5) is 11.4 Å². The number of rotatable bonds is 2. The van der Waals surface area contributed by atoms with Crippen LogP contribution in [0.3, 0.4) is 0 Å². The number of nitrogens with zero attached hydrogens (tertiary/aromatic N) is 5. The summed E-state index contributed by atoms with van der Waals surface area (Å²) < 4.78 is 10.9. The number of carbonyl (C=O) groups excluding carboxylic acids is 2. The summed E-state index contributed by atoms with van der Waals surface area (Å²) in [4.78, 5) is 32.3. The second-order valence-corrected chi connectivity index (χ2v) is 5.67. The van der Waals surface area contributed by atoms with Crippen molar-refractivity contribution in [2.24, 2.45) is 5.11 Å². The van der Waals surface area contributed by atoms with Gasteiger partial charge in [-0.25, -0.2) is 9.59 Å². The molecule has 1 N–H and O–H groups in total. The summed E-state index contributed by atoms with van der Waals surface area (Å²) >= 11 is 0. The molecule has 1 aromatic heterocycles. The van der Waals surface area contributed by atoms with Gasteiger partial charge in [-0.05, 0) is 11.6 Å². The number of carbonyl (C=O) groups is 2. The Bertz CT molecular complexity index is 804. The summed E-state index contributed by atoms with van der Waals surface area (Å²) in [5, 5.41) is 6.61. The maximum Gasteiger partial charge on any atom is 0.332 e. The molecule has 1 unspecified atom stereocenters. The molecule has 3 aliphatic rings. The first-order chi connectivity index (χ1) is 11.6. The number of hydrogen-bond acceptors (Lipinski definition) is 8. The number of ether oxygens (including phenoxy) is 2. The van der Waals surface area contributed by atoms with Gasteiger partial charge in [0.05, 0.1) is 30.2 Å². The molecule has 10 nitrogen and oxygen atoms in total. The van der Waals surface area contributed by atoms with E-state index in [1.807, 2.05) is 4.90 Å². The third kappa shape index (κ3) is 2.08. The Labute approximate surface area is 135 Å². The monoisotopic (exact) mass is 328 g/mol. The topological polar surface area (TPSA) is 130 Å². The minimum Gasteiger partial charge on any atom is -0.446 e. The van der Waals surface area contributed by atoms with Gasteiger partial charge in [0.2, 0.25) is 5.60 Å². The summed E-state index contributed by atoms with van der Waals surface area (Å²) in [6, 6.07) is 1.48. The summed E-state index contributed by atoms with van der Waals surface area (Å²) in [6.45, 7) is 0.806. The number of anilines is 1. The van der Waals surface area contributed by atoms with Gasteiger partial charge in [0.1, 0.15) is 0 Å². The van der Waals surface area contributed by atoms with Crippen molar-refractivity contribution in [3.05, 3.63) is 41.1 Å². The average molecular weight is 328 g/mol. The quantitative estimate of drug-likeness (QED) is 0.363. The lowest BCUT2D eigenvalue weighted by molar-refractivity contribution is -0.188. The zero-order valence-corrected chi connectivity index (χ0v) is 12.3. The molecule has 4 heterocycles. The number of hydrogen-bond donors (Lipinski definition) is 1. The van der Waals surface area contributed by atoms with Crippen molar-refractivity contribution >= 4 is 23.3 Å². The summed E-state index contributed by atoms with van der Waals surface area (Å²) in [7, 11) is 0. The Kier molecular flexibility index (Phi) is 3.15. The van der Waals surface area contributed by atoms with Crippen molar-refractivity contribution in [2.75, 3.05) is 18.0 Å². The summed E-state index contributed by atoms with van der Waals surface area (Å²) in [6.07, 6.45) is 4.50. The number of pyridine rings is 1. The van der Waals surface area contributed by atoms with Crippen molar-refractivity contribution in [1.29, 1.82) is 0 Å². The minimum atomic E-state index is -0.938. The van der Waals surface area contributed by atoms with Crippen molar-refractivity contribution in [3.63, 3.8) is 0 Å². The maximum atomic E-state index is 11.9. The molecule has 0 saturated carbocycles. The molecule has 3 aliphatic heterocycles. The number of nitrogens with one attached hydrogen (secondary N) is 1. The van der Waals surface area contributed by atoms with Gasteiger partial charge in [0, 0.05) is 29.8 Å². The molecule has 1 spiro atoms. The van der Waals surface area contributed by atoms with Gasteiger partial charge < -0.3 is 14.4 Å².